The number of hydrogen-bond acceptors (Lipinski definition) is 3. The van der Waals surface area contributed by atoms with Crippen molar-refractivity contribution in [1.82, 2.24) is 5.32 Å². The van der Waals surface area contributed by atoms with Crippen LogP contribution < -0.4 is 11.1 Å². The molecule has 80 valence electrons. The van der Waals surface area contributed by atoms with E-state index in [4.69, 9.17) is 11.0 Å². The topological polar surface area (TPSA) is 61.8 Å². The molecular weight excluding hydrogens is 174 g/mol. The molecule has 14 heavy (non-hydrogen) atoms. The van der Waals surface area contributed by atoms with Crippen LogP contribution in [0.5, 0.6) is 0 Å². The predicted octanol–water partition coefficient (Wildman–Crippen LogP) is 1.40. The van der Waals surface area contributed by atoms with E-state index in [9.17, 15) is 0 Å². The van der Waals surface area contributed by atoms with Gasteiger partial charge in [-0.25, -0.2) is 0 Å². The van der Waals surface area contributed by atoms with E-state index in [1.807, 2.05) is 13.8 Å². The van der Waals surface area contributed by atoms with Crippen molar-refractivity contribution in [2.45, 2.75) is 51.6 Å². The summed E-state index contributed by atoms with van der Waals surface area (Å²) in [5.74, 6) is 0. The van der Waals surface area contributed by atoms with Crippen LogP contribution in [0.4, 0.5) is 0 Å². The Labute approximate surface area is 86.7 Å². The summed E-state index contributed by atoms with van der Waals surface area (Å²) in [4.78, 5) is 0. The molecule has 0 radical (unpaired) electrons. The number of nitriles is 1. The average molecular weight is 195 g/mol. The number of rotatable bonds is 3. The second kappa shape index (κ2) is 4.77. The fourth-order valence-corrected chi connectivity index (χ4v) is 1.76. The molecule has 1 aliphatic rings. The second-order valence-electron chi connectivity index (χ2n) is 4.99. The first-order valence-electron chi connectivity index (χ1n) is 5.44. The van der Waals surface area contributed by atoms with Crippen LogP contribution in [0.2, 0.25) is 0 Å². The molecule has 0 unspecified atom stereocenters. The highest BCUT2D eigenvalue weighted by Crippen LogP contribution is 2.18. The minimum atomic E-state index is -0.250. The first-order chi connectivity index (χ1) is 6.53. The molecule has 0 bridgehead atoms. The van der Waals surface area contributed by atoms with E-state index in [0.29, 0.717) is 12.1 Å². The smallest absolute Gasteiger partial charge is 0.0697 e. The Balaban J connectivity index is 2.23. The molecule has 0 atom stereocenters. The van der Waals surface area contributed by atoms with Crippen LogP contribution in [0, 0.1) is 16.7 Å². The van der Waals surface area contributed by atoms with Crippen molar-refractivity contribution < 1.29 is 0 Å². The monoisotopic (exact) mass is 195 g/mol. The molecule has 3 N–H and O–H groups in total. The van der Waals surface area contributed by atoms with Crippen LogP contribution in [-0.2, 0) is 0 Å². The highest BCUT2D eigenvalue weighted by Gasteiger charge is 2.22. The standard InChI is InChI=1S/C11H21N3/c1-11(2,7-12)8-14-10-5-3-9(13)4-6-10/h9-10,14H,3-6,8,13H2,1-2H3. The molecule has 0 amide bonds. The van der Waals surface area contributed by atoms with Gasteiger partial charge in [-0.1, -0.05) is 0 Å². The fourth-order valence-electron chi connectivity index (χ4n) is 1.76. The van der Waals surface area contributed by atoms with Gasteiger partial charge in [0.15, 0.2) is 0 Å². The van der Waals surface area contributed by atoms with Gasteiger partial charge >= 0.3 is 0 Å². The van der Waals surface area contributed by atoms with Crippen LogP contribution in [0.15, 0.2) is 0 Å². The molecule has 3 nitrogen and oxygen atoms in total. The van der Waals surface area contributed by atoms with Gasteiger partial charge in [0.05, 0.1) is 11.5 Å². The normalized spacial score (nSPS) is 28.4. The Bertz CT molecular complexity index is 209. The zero-order valence-electron chi connectivity index (χ0n) is 9.21. The lowest BCUT2D eigenvalue weighted by atomic mass is 9.90. The molecule has 1 rings (SSSR count). The van der Waals surface area contributed by atoms with Gasteiger partial charge in [-0.2, -0.15) is 5.26 Å². The third-order valence-electron chi connectivity index (χ3n) is 2.91. The van der Waals surface area contributed by atoms with Gasteiger partial charge in [-0.3, -0.25) is 0 Å². The molecule has 3 heteroatoms. The number of nitrogens with two attached hydrogens (primary N) is 1. The Morgan fingerprint density at radius 2 is 1.93 bits per heavy atom. The zero-order valence-corrected chi connectivity index (χ0v) is 9.21. The Morgan fingerprint density at radius 1 is 1.36 bits per heavy atom. The average Bonchev–Trinajstić information content (AvgIpc) is 2.17. The first-order valence-corrected chi connectivity index (χ1v) is 5.44. The Hall–Kier alpha value is -0.590. The van der Waals surface area contributed by atoms with Crippen molar-refractivity contribution in [3.63, 3.8) is 0 Å². The number of hydrogen-bond donors (Lipinski definition) is 2. The molecule has 1 aliphatic carbocycles. The van der Waals surface area contributed by atoms with Crippen molar-refractivity contribution in [1.29, 1.82) is 5.26 Å². The van der Waals surface area contributed by atoms with Gasteiger partial charge in [0.25, 0.3) is 0 Å². The zero-order chi connectivity index (χ0) is 10.6. The van der Waals surface area contributed by atoms with E-state index >= 15 is 0 Å². The van der Waals surface area contributed by atoms with E-state index in [1.54, 1.807) is 0 Å². The van der Waals surface area contributed by atoms with E-state index < -0.39 is 0 Å². The van der Waals surface area contributed by atoms with Crippen molar-refractivity contribution in [3.05, 3.63) is 0 Å². The van der Waals surface area contributed by atoms with Gasteiger partial charge in [0.2, 0.25) is 0 Å². The second-order valence-corrected chi connectivity index (χ2v) is 4.99. The molecule has 0 heterocycles. The molecule has 0 aromatic carbocycles. The van der Waals surface area contributed by atoms with E-state index in [-0.39, 0.29) is 5.41 Å². The summed E-state index contributed by atoms with van der Waals surface area (Å²) in [5, 5.41) is 12.3. The van der Waals surface area contributed by atoms with Crippen LogP contribution >= 0.6 is 0 Å². The summed E-state index contributed by atoms with van der Waals surface area (Å²) in [6.45, 7) is 4.71. The van der Waals surface area contributed by atoms with Crippen LogP contribution in [0.25, 0.3) is 0 Å². The lowest BCUT2D eigenvalue weighted by Gasteiger charge is -2.29. The molecule has 1 saturated carbocycles. The van der Waals surface area contributed by atoms with E-state index in [1.165, 1.54) is 0 Å². The van der Waals surface area contributed by atoms with Crippen molar-refractivity contribution in [2.24, 2.45) is 11.1 Å². The largest absolute Gasteiger partial charge is 0.328 e. The highest BCUT2D eigenvalue weighted by atomic mass is 14.9. The third-order valence-corrected chi connectivity index (χ3v) is 2.91. The highest BCUT2D eigenvalue weighted by molar-refractivity contribution is 4.94. The molecular formula is C11H21N3. The summed E-state index contributed by atoms with van der Waals surface area (Å²) >= 11 is 0. The summed E-state index contributed by atoms with van der Waals surface area (Å²) in [6.07, 6.45) is 4.54. The summed E-state index contributed by atoms with van der Waals surface area (Å²) < 4.78 is 0. The van der Waals surface area contributed by atoms with Crippen LogP contribution in [0.1, 0.15) is 39.5 Å². The maximum atomic E-state index is 8.86. The summed E-state index contributed by atoms with van der Waals surface area (Å²) in [7, 11) is 0. The number of nitrogens with one attached hydrogen (secondary N) is 1. The lowest BCUT2D eigenvalue weighted by molar-refractivity contribution is 0.314. The lowest BCUT2D eigenvalue weighted by Crippen LogP contribution is -2.41. The van der Waals surface area contributed by atoms with Gasteiger partial charge < -0.3 is 11.1 Å². The predicted molar refractivity (Wildman–Crippen MR) is 57.6 cm³/mol. The van der Waals surface area contributed by atoms with Crippen LogP contribution in [0.3, 0.4) is 0 Å². The summed E-state index contributed by atoms with van der Waals surface area (Å²) in [5.41, 5.74) is 5.57. The molecule has 1 fully saturated rings. The third kappa shape index (κ3) is 3.65. The Kier molecular flexibility index (Phi) is 3.91. The summed E-state index contributed by atoms with van der Waals surface area (Å²) in [6, 6.07) is 3.27. The molecule has 0 aromatic heterocycles. The van der Waals surface area contributed by atoms with Crippen LogP contribution in [-0.4, -0.2) is 18.6 Å². The minimum Gasteiger partial charge on any atom is -0.328 e. The van der Waals surface area contributed by atoms with E-state index in [2.05, 4.69) is 11.4 Å². The van der Waals surface area contributed by atoms with Crippen molar-refractivity contribution in [3.8, 4) is 6.07 Å². The van der Waals surface area contributed by atoms with Gasteiger partial charge in [0.1, 0.15) is 0 Å². The molecule has 0 saturated heterocycles. The van der Waals surface area contributed by atoms with Gasteiger partial charge in [-0.05, 0) is 39.5 Å². The molecule has 0 aliphatic heterocycles. The maximum Gasteiger partial charge on any atom is 0.0697 e. The molecule has 0 aromatic rings. The SMILES string of the molecule is CC(C)(C#N)CNC1CCC(N)CC1. The first kappa shape index (κ1) is 11.5. The van der Waals surface area contributed by atoms with Crippen molar-refractivity contribution >= 4 is 0 Å². The van der Waals surface area contributed by atoms with E-state index in [0.717, 1.165) is 32.2 Å². The quantitative estimate of drug-likeness (QED) is 0.715. The maximum absolute atomic E-state index is 8.86. The fraction of sp³-hybridized carbons (Fsp3) is 0.909. The van der Waals surface area contributed by atoms with Gasteiger partial charge in [-0.15, -0.1) is 0 Å². The molecule has 0 spiro atoms. The minimum absolute atomic E-state index is 0.250. The Morgan fingerprint density at radius 3 is 2.43 bits per heavy atom. The van der Waals surface area contributed by atoms with Gasteiger partial charge in [0, 0.05) is 18.6 Å². The number of nitrogens with zero attached hydrogens (tertiary/aromatic N) is 1. The van der Waals surface area contributed by atoms with Crippen molar-refractivity contribution in [2.75, 3.05) is 6.54 Å².